The first-order valence-electron chi connectivity index (χ1n) is 7.91. The topological polar surface area (TPSA) is 35.0 Å². The Labute approximate surface area is 155 Å². The average molecular weight is 398 g/mol. The fourth-order valence-electron chi connectivity index (χ4n) is 2.41. The van der Waals surface area contributed by atoms with E-state index < -0.39 is 23.5 Å². The summed E-state index contributed by atoms with van der Waals surface area (Å²) in [6.07, 6.45) is -8.99. The van der Waals surface area contributed by atoms with Crippen LogP contribution in [0, 0.1) is 6.92 Å². The van der Waals surface area contributed by atoms with Gasteiger partial charge in [0.15, 0.2) is 0 Å². The maximum Gasteiger partial charge on any atom is 0.416 e. The largest absolute Gasteiger partial charge is 0.424 e. The molecule has 3 nitrogen and oxygen atoms in total. The molecule has 0 fully saturated rings. The van der Waals surface area contributed by atoms with Crippen molar-refractivity contribution in [3.8, 4) is 23.0 Å². The van der Waals surface area contributed by atoms with E-state index in [1.165, 1.54) is 30.3 Å². The molecular weight excluding hydrogens is 386 g/mol. The Bertz CT molecular complexity index is 981. The number of benzene rings is 2. The third-order valence-corrected chi connectivity index (χ3v) is 3.71. The third kappa shape index (κ3) is 4.59. The minimum absolute atomic E-state index is 0.112. The van der Waals surface area contributed by atoms with Crippen LogP contribution in [0.25, 0.3) is 11.3 Å². The number of hydrogen-bond acceptors (Lipinski definition) is 3. The lowest BCUT2D eigenvalue weighted by Gasteiger charge is -2.11. The second-order valence-corrected chi connectivity index (χ2v) is 5.88. The van der Waals surface area contributed by atoms with Crippen LogP contribution in [0.3, 0.4) is 0 Å². The predicted molar refractivity (Wildman–Crippen MR) is 88.7 cm³/mol. The van der Waals surface area contributed by atoms with Gasteiger partial charge in [0.1, 0.15) is 5.75 Å². The molecule has 0 N–H and O–H groups in total. The lowest BCUT2D eigenvalue weighted by molar-refractivity contribution is -0.138. The third-order valence-electron chi connectivity index (χ3n) is 3.71. The second kappa shape index (κ2) is 7.14. The maximum absolute atomic E-state index is 12.8. The summed E-state index contributed by atoms with van der Waals surface area (Å²) in [6, 6.07) is 9.86. The van der Waals surface area contributed by atoms with Gasteiger partial charge >= 0.3 is 18.4 Å². The van der Waals surface area contributed by atoms with Crippen molar-refractivity contribution in [1.29, 1.82) is 0 Å². The Kier molecular flexibility index (Phi) is 5.01. The molecule has 3 rings (SSSR count). The van der Waals surface area contributed by atoms with Crippen molar-refractivity contribution in [3.05, 3.63) is 71.4 Å². The molecule has 0 aliphatic carbocycles. The van der Waals surface area contributed by atoms with Crippen LogP contribution in [-0.4, -0.2) is 9.97 Å². The van der Waals surface area contributed by atoms with Crippen molar-refractivity contribution in [1.82, 2.24) is 9.97 Å². The fourth-order valence-corrected chi connectivity index (χ4v) is 2.41. The highest BCUT2D eigenvalue weighted by Gasteiger charge is 2.31. The van der Waals surface area contributed by atoms with E-state index in [9.17, 15) is 26.3 Å². The Morgan fingerprint density at radius 2 is 1.39 bits per heavy atom. The molecule has 0 unspecified atom stereocenters. The lowest BCUT2D eigenvalue weighted by atomic mass is 10.1. The monoisotopic (exact) mass is 398 g/mol. The van der Waals surface area contributed by atoms with E-state index in [1.54, 1.807) is 6.92 Å². The average Bonchev–Trinajstić information content (AvgIpc) is 2.60. The number of ether oxygens (including phenoxy) is 1. The Morgan fingerprint density at radius 3 is 2.00 bits per heavy atom. The summed E-state index contributed by atoms with van der Waals surface area (Å²) in [6.45, 7) is 1.61. The molecule has 28 heavy (non-hydrogen) atoms. The Balaban J connectivity index is 1.90. The molecule has 0 aliphatic rings. The van der Waals surface area contributed by atoms with Crippen LogP contribution in [0.1, 0.15) is 16.8 Å². The summed E-state index contributed by atoms with van der Waals surface area (Å²) in [7, 11) is 0. The molecule has 146 valence electrons. The first-order valence-corrected chi connectivity index (χ1v) is 7.91. The van der Waals surface area contributed by atoms with Crippen LogP contribution in [0.5, 0.6) is 11.8 Å². The molecule has 1 aromatic heterocycles. The summed E-state index contributed by atoms with van der Waals surface area (Å²) in [5.74, 6) is -0.112. The second-order valence-electron chi connectivity index (χ2n) is 5.88. The zero-order valence-corrected chi connectivity index (χ0v) is 14.3. The van der Waals surface area contributed by atoms with Gasteiger partial charge < -0.3 is 4.74 Å². The van der Waals surface area contributed by atoms with E-state index >= 15 is 0 Å². The molecule has 0 saturated heterocycles. The van der Waals surface area contributed by atoms with Crippen LogP contribution in [0.4, 0.5) is 26.3 Å². The number of aryl methyl sites for hydroxylation is 1. The highest BCUT2D eigenvalue weighted by molar-refractivity contribution is 5.60. The van der Waals surface area contributed by atoms with Crippen molar-refractivity contribution in [3.63, 3.8) is 0 Å². The van der Waals surface area contributed by atoms with Gasteiger partial charge in [-0.1, -0.05) is 18.2 Å². The molecule has 0 amide bonds. The summed E-state index contributed by atoms with van der Waals surface area (Å²) in [5.41, 5.74) is -0.592. The van der Waals surface area contributed by atoms with Gasteiger partial charge in [-0.25, -0.2) is 4.98 Å². The van der Waals surface area contributed by atoms with Crippen molar-refractivity contribution in [2.45, 2.75) is 19.3 Å². The standard InChI is InChI=1S/C19H12F6N2O/c1-11-9-16(12-5-7-13(8-6-12)18(20,21)22)27-17(26-11)28-15-4-2-3-14(10-15)19(23,24)25/h2-10H,1H3. The van der Waals surface area contributed by atoms with Crippen LogP contribution < -0.4 is 4.74 Å². The molecule has 0 saturated carbocycles. The molecule has 0 atom stereocenters. The molecule has 1 heterocycles. The first-order chi connectivity index (χ1) is 13.0. The number of aromatic nitrogens is 2. The fraction of sp³-hybridized carbons (Fsp3) is 0.158. The van der Waals surface area contributed by atoms with Gasteiger partial charge in [-0.05, 0) is 43.3 Å². The number of nitrogens with zero attached hydrogens (tertiary/aromatic N) is 2. The molecule has 2 aromatic carbocycles. The van der Waals surface area contributed by atoms with Crippen molar-refractivity contribution in [2.75, 3.05) is 0 Å². The lowest BCUT2D eigenvalue weighted by Crippen LogP contribution is -2.05. The van der Waals surface area contributed by atoms with Crippen molar-refractivity contribution in [2.24, 2.45) is 0 Å². The summed E-state index contributed by atoms with van der Waals surface area (Å²) in [4.78, 5) is 8.10. The number of halogens is 6. The van der Waals surface area contributed by atoms with Crippen LogP contribution in [0.2, 0.25) is 0 Å². The summed E-state index contributed by atoms with van der Waals surface area (Å²) in [5, 5.41) is 0. The van der Waals surface area contributed by atoms with E-state index in [1.807, 2.05) is 0 Å². The van der Waals surface area contributed by atoms with Gasteiger partial charge in [0, 0.05) is 11.3 Å². The minimum Gasteiger partial charge on any atom is -0.424 e. The zero-order valence-electron chi connectivity index (χ0n) is 14.3. The Hall–Kier alpha value is -3.10. The van der Waals surface area contributed by atoms with E-state index in [2.05, 4.69) is 9.97 Å². The number of rotatable bonds is 3. The van der Waals surface area contributed by atoms with Crippen LogP contribution >= 0.6 is 0 Å². The smallest absolute Gasteiger partial charge is 0.416 e. The molecule has 0 spiro atoms. The number of alkyl halides is 6. The van der Waals surface area contributed by atoms with E-state index in [0.717, 1.165) is 24.3 Å². The number of hydrogen-bond donors (Lipinski definition) is 0. The van der Waals surface area contributed by atoms with Crippen molar-refractivity contribution >= 4 is 0 Å². The summed E-state index contributed by atoms with van der Waals surface area (Å²) < 4.78 is 81.8. The van der Waals surface area contributed by atoms with Gasteiger partial charge in [0.2, 0.25) is 0 Å². The molecule has 9 heteroatoms. The molecule has 0 aliphatic heterocycles. The zero-order chi connectivity index (χ0) is 20.5. The Morgan fingerprint density at radius 1 is 0.750 bits per heavy atom. The molecule has 3 aromatic rings. The van der Waals surface area contributed by atoms with Gasteiger partial charge in [0.25, 0.3) is 0 Å². The highest BCUT2D eigenvalue weighted by Crippen LogP contribution is 2.33. The van der Waals surface area contributed by atoms with Gasteiger partial charge in [-0.15, -0.1) is 0 Å². The van der Waals surface area contributed by atoms with Crippen molar-refractivity contribution < 1.29 is 31.1 Å². The SMILES string of the molecule is Cc1cc(-c2ccc(C(F)(F)F)cc2)nc(Oc2cccc(C(F)(F)F)c2)n1. The maximum atomic E-state index is 12.8. The highest BCUT2D eigenvalue weighted by atomic mass is 19.4. The van der Waals surface area contributed by atoms with E-state index in [0.29, 0.717) is 11.3 Å². The van der Waals surface area contributed by atoms with Gasteiger partial charge in [0.05, 0.1) is 16.8 Å². The van der Waals surface area contributed by atoms with E-state index in [-0.39, 0.29) is 17.5 Å². The quantitative estimate of drug-likeness (QED) is 0.487. The molecular formula is C19H12F6N2O. The van der Waals surface area contributed by atoms with E-state index in [4.69, 9.17) is 4.74 Å². The van der Waals surface area contributed by atoms with Crippen LogP contribution in [-0.2, 0) is 12.4 Å². The van der Waals surface area contributed by atoms with Gasteiger partial charge in [-0.2, -0.15) is 31.3 Å². The predicted octanol–water partition coefficient (Wildman–Crippen LogP) is 6.28. The normalized spacial score (nSPS) is 12.1. The minimum atomic E-state index is -4.53. The van der Waals surface area contributed by atoms with Crippen LogP contribution in [0.15, 0.2) is 54.6 Å². The molecule has 0 bridgehead atoms. The first kappa shape index (κ1) is 19.7. The summed E-state index contributed by atoms with van der Waals surface area (Å²) >= 11 is 0. The van der Waals surface area contributed by atoms with Gasteiger partial charge in [-0.3, -0.25) is 0 Å². The molecule has 0 radical (unpaired) electrons.